The van der Waals surface area contributed by atoms with Gasteiger partial charge in [-0.25, -0.2) is 0 Å². The summed E-state index contributed by atoms with van der Waals surface area (Å²) in [6.07, 6.45) is 5.22. The molecule has 0 N–H and O–H groups in total. The van der Waals surface area contributed by atoms with Gasteiger partial charge in [-0.1, -0.05) is 6.08 Å². The van der Waals surface area contributed by atoms with Crippen LogP contribution in [0.15, 0.2) is 17.3 Å². The Kier molecular flexibility index (Phi) is 7.37. The number of carbonyl (C=O) groups is 1. The largest absolute Gasteiger partial charge is 0.293 e. The number of allylic oxidation sites excluding steroid dienone is 1. The zero-order valence-electron chi connectivity index (χ0n) is 4.61. The summed E-state index contributed by atoms with van der Waals surface area (Å²) in [6.45, 7) is 0. The van der Waals surface area contributed by atoms with Gasteiger partial charge < -0.3 is 0 Å². The van der Waals surface area contributed by atoms with Crippen molar-refractivity contribution in [1.82, 2.24) is 0 Å². The Bertz CT molecular complexity index is 142. The second-order valence-corrected chi connectivity index (χ2v) is 1.33. The highest BCUT2D eigenvalue weighted by atomic mass is 35.5. The van der Waals surface area contributed by atoms with Crippen molar-refractivity contribution in [3.05, 3.63) is 12.3 Å². The summed E-state index contributed by atoms with van der Waals surface area (Å²) in [6, 6.07) is 0. The summed E-state index contributed by atoms with van der Waals surface area (Å²) in [4.78, 5) is 13.9. The van der Waals surface area contributed by atoms with Crippen LogP contribution in [0.1, 0.15) is 6.42 Å². The first kappa shape index (κ1) is 11.5. The molecular formula is C5H7Cl2NO. The van der Waals surface area contributed by atoms with E-state index in [1.807, 2.05) is 0 Å². The maximum atomic E-state index is 10.3. The van der Waals surface area contributed by atoms with Crippen LogP contribution < -0.4 is 0 Å². The molecule has 9 heavy (non-hydrogen) atoms. The predicted octanol–water partition coefficient (Wildman–Crippen LogP) is 1.39. The van der Waals surface area contributed by atoms with Gasteiger partial charge in [0.1, 0.15) is 0 Å². The van der Waals surface area contributed by atoms with E-state index in [4.69, 9.17) is 0 Å². The third-order valence-electron chi connectivity index (χ3n) is 0.729. The molecule has 0 aromatic carbocycles. The Hall–Kier alpha value is -0.340. The van der Waals surface area contributed by atoms with Crippen molar-refractivity contribution in [1.29, 1.82) is 0 Å². The van der Waals surface area contributed by atoms with Gasteiger partial charge >= 0.3 is 0 Å². The minimum Gasteiger partial charge on any atom is -0.293 e. The molecule has 0 atom stereocenters. The molecule has 0 unspecified atom stereocenters. The lowest BCUT2D eigenvalue weighted by molar-refractivity contribution is -0.111. The second kappa shape index (κ2) is 5.79. The number of Topliss-reactive ketones (excluding diaryl/α,β-unsaturated/α-hetero) is 1. The summed E-state index contributed by atoms with van der Waals surface area (Å²) >= 11 is 0. The molecule has 0 aliphatic carbocycles. The van der Waals surface area contributed by atoms with E-state index in [1.54, 1.807) is 12.3 Å². The first-order valence-electron chi connectivity index (χ1n) is 2.10. The number of rotatable bonds is 0. The minimum absolute atomic E-state index is 0. The molecule has 1 aliphatic rings. The van der Waals surface area contributed by atoms with Gasteiger partial charge in [-0.2, -0.15) is 0 Å². The SMILES string of the molecule is Cl.Cl.O=C1C=NC=CC1. The summed E-state index contributed by atoms with van der Waals surface area (Å²) in [7, 11) is 0. The van der Waals surface area contributed by atoms with Crippen molar-refractivity contribution >= 4 is 36.8 Å². The smallest absolute Gasteiger partial charge is 0.177 e. The quantitative estimate of drug-likeness (QED) is 0.537. The fourth-order valence-corrected chi connectivity index (χ4v) is 0.409. The Balaban J connectivity index is 0. The Labute approximate surface area is 65.9 Å². The third kappa shape index (κ3) is 4.18. The molecule has 1 rings (SSSR count). The Morgan fingerprint density at radius 3 is 2.33 bits per heavy atom. The van der Waals surface area contributed by atoms with Crippen molar-refractivity contribution in [2.24, 2.45) is 4.99 Å². The van der Waals surface area contributed by atoms with Crippen LogP contribution in [0.5, 0.6) is 0 Å². The van der Waals surface area contributed by atoms with E-state index in [0.717, 1.165) is 0 Å². The molecule has 52 valence electrons. The first-order valence-corrected chi connectivity index (χ1v) is 2.10. The van der Waals surface area contributed by atoms with E-state index in [-0.39, 0.29) is 30.6 Å². The van der Waals surface area contributed by atoms with Gasteiger partial charge in [0.15, 0.2) is 5.78 Å². The van der Waals surface area contributed by atoms with E-state index in [1.165, 1.54) is 6.21 Å². The fraction of sp³-hybridized carbons (Fsp3) is 0.200. The van der Waals surface area contributed by atoms with E-state index in [0.29, 0.717) is 6.42 Å². The van der Waals surface area contributed by atoms with Crippen LogP contribution in [-0.4, -0.2) is 12.0 Å². The molecule has 0 amide bonds. The maximum absolute atomic E-state index is 10.3. The molecule has 1 heterocycles. The van der Waals surface area contributed by atoms with E-state index in [2.05, 4.69) is 4.99 Å². The van der Waals surface area contributed by atoms with Crippen molar-refractivity contribution in [2.75, 3.05) is 0 Å². The lowest BCUT2D eigenvalue weighted by Gasteiger charge is -1.88. The standard InChI is InChI=1S/C5H5NO.2ClH/c7-5-2-1-3-6-4-5;;/h1,3-4H,2H2;2*1H. The van der Waals surface area contributed by atoms with Gasteiger partial charge in [-0.05, 0) is 0 Å². The van der Waals surface area contributed by atoms with Gasteiger partial charge in [0.2, 0.25) is 0 Å². The Morgan fingerprint density at radius 2 is 2.11 bits per heavy atom. The summed E-state index contributed by atoms with van der Waals surface area (Å²) < 4.78 is 0. The molecular weight excluding hydrogens is 161 g/mol. The van der Waals surface area contributed by atoms with Crippen LogP contribution in [0.25, 0.3) is 0 Å². The highest BCUT2D eigenvalue weighted by Crippen LogP contribution is 1.89. The monoisotopic (exact) mass is 167 g/mol. The Morgan fingerprint density at radius 1 is 1.44 bits per heavy atom. The normalized spacial score (nSPS) is 14.0. The van der Waals surface area contributed by atoms with Crippen molar-refractivity contribution in [3.8, 4) is 0 Å². The average molecular weight is 168 g/mol. The number of hydrogen-bond donors (Lipinski definition) is 0. The molecule has 0 saturated heterocycles. The van der Waals surface area contributed by atoms with Gasteiger partial charge in [0, 0.05) is 12.6 Å². The minimum atomic E-state index is 0. The number of hydrogen-bond acceptors (Lipinski definition) is 2. The third-order valence-corrected chi connectivity index (χ3v) is 0.729. The highest BCUT2D eigenvalue weighted by Gasteiger charge is 1.93. The number of nitrogens with zero attached hydrogens (tertiary/aromatic N) is 1. The van der Waals surface area contributed by atoms with Crippen LogP contribution in [0.3, 0.4) is 0 Å². The molecule has 0 aromatic heterocycles. The van der Waals surface area contributed by atoms with Crippen LogP contribution in [-0.2, 0) is 4.79 Å². The second-order valence-electron chi connectivity index (χ2n) is 1.33. The fourth-order valence-electron chi connectivity index (χ4n) is 0.409. The van der Waals surface area contributed by atoms with Gasteiger partial charge in [0.05, 0.1) is 6.21 Å². The van der Waals surface area contributed by atoms with Gasteiger partial charge in [-0.3, -0.25) is 9.79 Å². The van der Waals surface area contributed by atoms with Crippen molar-refractivity contribution < 1.29 is 4.79 Å². The van der Waals surface area contributed by atoms with Gasteiger partial charge in [-0.15, -0.1) is 24.8 Å². The topological polar surface area (TPSA) is 29.4 Å². The molecule has 1 aliphatic heterocycles. The molecule has 0 saturated carbocycles. The molecule has 0 spiro atoms. The first-order chi connectivity index (χ1) is 3.39. The zero-order valence-corrected chi connectivity index (χ0v) is 6.24. The number of carbonyl (C=O) groups excluding carboxylic acids is 1. The zero-order chi connectivity index (χ0) is 5.11. The van der Waals surface area contributed by atoms with Crippen molar-refractivity contribution in [2.45, 2.75) is 6.42 Å². The molecule has 0 radical (unpaired) electrons. The molecule has 2 nitrogen and oxygen atoms in total. The van der Waals surface area contributed by atoms with E-state index < -0.39 is 0 Å². The molecule has 0 aromatic rings. The summed E-state index contributed by atoms with van der Waals surface area (Å²) in [5.74, 6) is 0.0856. The van der Waals surface area contributed by atoms with Crippen LogP contribution >= 0.6 is 24.8 Å². The van der Waals surface area contributed by atoms with E-state index >= 15 is 0 Å². The summed E-state index contributed by atoms with van der Waals surface area (Å²) in [5.41, 5.74) is 0. The molecule has 0 bridgehead atoms. The number of halogens is 2. The highest BCUT2D eigenvalue weighted by molar-refractivity contribution is 6.28. The number of aliphatic imine (C=N–C) groups is 1. The van der Waals surface area contributed by atoms with Crippen LogP contribution in [0.4, 0.5) is 0 Å². The van der Waals surface area contributed by atoms with Gasteiger partial charge in [0.25, 0.3) is 0 Å². The summed E-state index contributed by atoms with van der Waals surface area (Å²) in [5, 5.41) is 0. The van der Waals surface area contributed by atoms with Crippen molar-refractivity contribution in [3.63, 3.8) is 0 Å². The lowest BCUT2D eigenvalue weighted by Crippen LogP contribution is -1.98. The average Bonchev–Trinajstić information content (AvgIpc) is 1.69. The maximum Gasteiger partial charge on any atom is 0.177 e. The molecule has 0 fully saturated rings. The van der Waals surface area contributed by atoms with E-state index in [9.17, 15) is 4.79 Å². The molecule has 4 heteroatoms. The number of ketones is 1. The van der Waals surface area contributed by atoms with Crippen LogP contribution in [0, 0.1) is 0 Å². The lowest BCUT2D eigenvalue weighted by atomic mass is 10.3. The van der Waals surface area contributed by atoms with Crippen LogP contribution in [0.2, 0.25) is 0 Å². The predicted molar refractivity (Wildman–Crippen MR) is 41.8 cm³/mol.